The molecule has 1 aliphatic heterocycles. The van der Waals surface area contributed by atoms with Crippen molar-refractivity contribution in [1.82, 2.24) is 15.1 Å². The first-order valence-corrected chi connectivity index (χ1v) is 6.11. The Morgan fingerprint density at radius 2 is 2.13 bits per heavy atom. The van der Waals surface area contributed by atoms with Gasteiger partial charge in [-0.15, -0.1) is 0 Å². The highest BCUT2D eigenvalue weighted by molar-refractivity contribution is 5.31. The van der Waals surface area contributed by atoms with Gasteiger partial charge < -0.3 is 5.32 Å². The molecular formula is C12H19N3. The molecule has 0 bridgehead atoms. The van der Waals surface area contributed by atoms with Crippen LogP contribution in [0.4, 0.5) is 0 Å². The van der Waals surface area contributed by atoms with E-state index in [1.165, 1.54) is 42.6 Å². The zero-order chi connectivity index (χ0) is 10.3. The van der Waals surface area contributed by atoms with Crippen LogP contribution in [0.15, 0.2) is 0 Å². The van der Waals surface area contributed by atoms with Crippen molar-refractivity contribution in [1.29, 1.82) is 0 Å². The summed E-state index contributed by atoms with van der Waals surface area (Å²) in [7, 11) is 2.12. The second-order valence-corrected chi connectivity index (χ2v) is 4.84. The quantitative estimate of drug-likeness (QED) is 0.756. The third-order valence-corrected chi connectivity index (χ3v) is 3.86. The molecule has 2 heterocycles. The fourth-order valence-corrected chi connectivity index (χ4v) is 3.16. The Bertz CT molecular complexity index is 361. The Morgan fingerprint density at radius 3 is 2.93 bits per heavy atom. The molecule has 0 saturated heterocycles. The molecule has 0 spiro atoms. The summed E-state index contributed by atoms with van der Waals surface area (Å²) in [6.45, 7) is 2.13. The Hall–Kier alpha value is -0.830. The van der Waals surface area contributed by atoms with Crippen LogP contribution in [-0.4, -0.2) is 16.3 Å². The van der Waals surface area contributed by atoms with Gasteiger partial charge >= 0.3 is 0 Å². The highest BCUT2D eigenvalue weighted by Gasteiger charge is 2.26. The number of nitrogens with zero attached hydrogens (tertiary/aromatic N) is 2. The van der Waals surface area contributed by atoms with Crippen molar-refractivity contribution in [3.05, 3.63) is 17.0 Å². The minimum atomic E-state index is 0.783. The van der Waals surface area contributed by atoms with Crippen LogP contribution < -0.4 is 5.32 Å². The summed E-state index contributed by atoms with van der Waals surface area (Å²) in [6.07, 6.45) is 6.64. The molecule has 0 unspecified atom stereocenters. The van der Waals surface area contributed by atoms with Crippen LogP contribution >= 0.6 is 0 Å². The molecule has 82 valence electrons. The average molecular weight is 205 g/mol. The van der Waals surface area contributed by atoms with Crippen LogP contribution in [0.1, 0.15) is 48.6 Å². The molecule has 1 aromatic rings. The van der Waals surface area contributed by atoms with Gasteiger partial charge in [-0.05, 0) is 12.8 Å². The van der Waals surface area contributed by atoms with Gasteiger partial charge in [-0.25, -0.2) is 0 Å². The first-order valence-electron chi connectivity index (χ1n) is 6.11. The number of fused-ring (bicyclic) bond motifs is 1. The maximum absolute atomic E-state index is 4.67. The van der Waals surface area contributed by atoms with Crippen molar-refractivity contribution >= 4 is 0 Å². The van der Waals surface area contributed by atoms with Gasteiger partial charge in [-0.2, -0.15) is 5.10 Å². The fraction of sp³-hybridized carbons (Fsp3) is 0.750. The van der Waals surface area contributed by atoms with E-state index in [4.69, 9.17) is 0 Å². The molecule has 1 aromatic heterocycles. The Morgan fingerprint density at radius 1 is 1.33 bits per heavy atom. The van der Waals surface area contributed by atoms with Gasteiger partial charge in [0.05, 0.1) is 5.69 Å². The zero-order valence-corrected chi connectivity index (χ0v) is 9.42. The van der Waals surface area contributed by atoms with Gasteiger partial charge in [-0.3, -0.25) is 4.68 Å². The Kier molecular flexibility index (Phi) is 2.28. The average Bonchev–Trinajstić information content (AvgIpc) is 2.82. The number of aryl methyl sites for hydroxylation is 1. The molecule has 3 rings (SSSR count). The van der Waals surface area contributed by atoms with Gasteiger partial charge in [0.25, 0.3) is 0 Å². The molecule has 0 radical (unpaired) electrons. The maximum atomic E-state index is 4.67. The smallest absolute Gasteiger partial charge is 0.0685 e. The normalized spacial score (nSPS) is 21.9. The van der Waals surface area contributed by atoms with Gasteiger partial charge in [0.1, 0.15) is 0 Å². The lowest BCUT2D eigenvalue weighted by Crippen LogP contribution is -2.24. The molecule has 0 atom stereocenters. The third-order valence-electron chi connectivity index (χ3n) is 3.86. The highest BCUT2D eigenvalue weighted by Crippen LogP contribution is 2.36. The predicted molar refractivity (Wildman–Crippen MR) is 59.8 cm³/mol. The lowest BCUT2D eigenvalue weighted by Gasteiger charge is -2.16. The van der Waals surface area contributed by atoms with E-state index in [-0.39, 0.29) is 0 Å². The van der Waals surface area contributed by atoms with E-state index in [1.807, 2.05) is 0 Å². The number of aromatic nitrogens is 2. The summed E-state index contributed by atoms with van der Waals surface area (Å²) < 4.78 is 2.15. The number of rotatable bonds is 1. The molecule has 0 aromatic carbocycles. The molecule has 3 heteroatoms. The maximum Gasteiger partial charge on any atom is 0.0685 e. The summed E-state index contributed by atoms with van der Waals surface area (Å²) >= 11 is 0. The van der Waals surface area contributed by atoms with Crippen molar-refractivity contribution in [3.8, 4) is 0 Å². The Balaban J connectivity index is 2.01. The summed E-state index contributed by atoms with van der Waals surface area (Å²) in [6, 6.07) is 0. The SMILES string of the molecule is Cn1nc2c(c1C1CCCC1)CNCC2. The Labute approximate surface area is 90.9 Å². The van der Waals surface area contributed by atoms with E-state index in [0.717, 1.165) is 25.4 Å². The third kappa shape index (κ3) is 1.49. The first-order chi connectivity index (χ1) is 7.36. The van der Waals surface area contributed by atoms with Crippen LogP contribution in [0.25, 0.3) is 0 Å². The molecule has 3 nitrogen and oxygen atoms in total. The second kappa shape index (κ2) is 3.63. The van der Waals surface area contributed by atoms with E-state index < -0.39 is 0 Å². The molecule has 1 saturated carbocycles. The monoisotopic (exact) mass is 205 g/mol. The van der Waals surface area contributed by atoms with Crippen molar-refractivity contribution in [3.63, 3.8) is 0 Å². The lowest BCUT2D eigenvalue weighted by atomic mass is 9.96. The highest BCUT2D eigenvalue weighted by atomic mass is 15.3. The van der Waals surface area contributed by atoms with E-state index in [1.54, 1.807) is 0 Å². The van der Waals surface area contributed by atoms with Crippen molar-refractivity contribution in [2.24, 2.45) is 7.05 Å². The predicted octanol–water partition coefficient (Wildman–Crippen LogP) is 1.72. The van der Waals surface area contributed by atoms with Crippen molar-refractivity contribution < 1.29 is 0 Å². The zero-order valence-electron chi connectivity index (χ0n) is 9.42. The van der Waals surface area contributed by atoms with Crippen molar-refractivity contribution in [2.75, 3.05) is 6.54 Å². The van der Waals surface area contributed by atoms with Gasteiger partial charge in [-0.1, -0.05) is 12.8 Å². The standard InChI is InChI=1S/C12H19N3/c1-15-12(9-4-2-3-5-9)10-8-13-7-6-11(10)14-15/h9,13H,2-8H2,1H3. The minimum absolute atomic E-state index is 0.783. The van der Waals surface area contributed by atoms with E-state index in [2.05, 4.69) is 22.1 Å². The van der Waals surface area contributed by atoms with E-state index in [0.29, 0.717) is 0 Å². The van der Waals surface area contributed by atoms with Crippen LogP contribution in [0.3, 0.4) is 0 Å². The van der Waals surface area contributed by atoms with Crippen LogP contribution in [-0.2, 0) is 20.0 Å². The van der Waals surface area contributed by atoms with E-state index in [9.17, 15) is 0 Å². The topological polar surface area (TPSA) is 29.9 Å². The molecule has 2 aliphatic rings. The van der Waals surface area contributed by atoms with Gasteiger partial charge in [0, 0.05) is 43.7 Å². The molecule has 0 amide bonds. The van der Waals surface area contributed by atoms with Gasteiger partial charge in [0.2, 0.25) is 0 Å². The first kappa shape index (κ1) is 9.40. The second-order valence-electron chi connectivity index (χ2n) is 4.84. The van der Waals surface area contributed by atoms with Crippen LogP contribution in [0.5, 0.6) is 0 Å². The minimum Gasteiger partial charge on any atom is -0.312 e. The van der Waals surface area contributed by atoms with Crippen LogP contribution in [0, 0.1) is 0 Å². The molecule has 1 aliphatic carbocycles. The summed E-state index contributed by atoms with van der Waals surface area (Å²) in [5, 5.41) is 8.14. The fourth-order valence-electron chi connectivity index (χ4n) is 3.16. The largest absolute Gasteiger partial charge is 0.312 e. The summed E-state index contributed by atoms with van der Waals surface area (Å²) in [5.74, 6) is 0.783. The molecule has 1 N–H and O–H groups in total. The number of nitrogens with one attached hydrogen (secondary N) is 1. The summed E-state index contributed by atoms with van der Waals surface area (Å²) in [5.41, 5.74) is 4.38. The number of hydrogen-bond donors (Lipinski definition) is 1. The molecular weight excluding hydrogens is 186 g/mol. The van der Waals surface area contributed by atoms with Gasteiger partial charge in [0.15, 0.2) is 0 Å². The number of hydrogen-bond acceptors (Lipinski definition) is 2. The van der Waals surface area contributed by atoms with Crippen molar-refractivity contribution in [2.45, 2.75) is 44.6 Å². The van der Waals surface area contributed by atoms with E-state index >= 15 is 0 Å². The van der Waals surface area contributed by atoms with Crippen LogP contribution in [0.2, 0.25) is 0 Å². The lowest BCUT2D eigenvalue weighted by molar-refractivity contribution is 0.605. The molecule has 1 fully saturated rings. The summed E-state index contributed by atoms with van der Waals surface area (Å²) in [4.78, 5) is 0. The molecule has 15 heavy (non-hydrogen) atoms.